The Hall–Kier alpha value is -2.41. The highest BCUT2D eigenvalue weighted by Gasteiger charge is 2.68. The normalized spacial score (nSPS) is 32.3. The largest absolute Gasteiger partial charge is 0.293 e. The van der Waals surface area contributed by atoms with Crippen LogP contribution in [-0.2, 0) is 10.2 Å². The Kier molecular flexibility index (Phi) is 3.59. The summed E-state index contributed by atoms with van der Waals surface area (Å²) in [4.78, 5) is 14.3. The lowest BCUT2D eigenvalue weighted by atomic mass is 9.50. The third kappa shape index (κ3) is 1.98. The number of rotatable bonds is 2. The molecule has 3 atom stereocenters. The van der Waals surface area contributed by atoms with E-state index >= 15 is 0 Å². The molecule has 27 heavy (non-hydrogen) atoms. The topological polar surface area (TPSA) is 17.1 Å². The molecule has 1 heteroatoms. The maximum absolute atomic E-state index is 14.3. The van der Waals surface area contributed by atoms with Gasteiger partial charge in [-0.2, -0.15) is 0 Å². The summed E-state index contributed by atoms with van der Waals surface area (Å²) in [6.45, 7) is 4.51. The van der Waals surface area contributed by atoms with Crippen LogP contribution in [0.25, 0.3) is 5.57 Å². The molecule has 0 heterocycles. The average Bonchev–Trinajstić information content (AvgIpc) is 3.15. The van der Waals surface area contributed by atoms with Crippen LogP contribution in [0.4, 0.5) is 0 Å². The molecule has 1 saturated carbocycles. The number of hydrogen-bond donors (Lipinski definition) is 0. The van der Waals surface area contributed by atoms with E-state index < -0.39 is 5.41 Å². The van der Waals surface area contributed by atoms with Crippen LogP contribution in [0.3, 0.4) is 0 Å². The maximum atomic E-state index is 14.3. The van der Waals surface area contributed by atoms with Crippen molar-refractivity contribution < 1.29 is 4.79 Å². The first-order valence-electron chi connectivity index (χ1n) is 10.2. The summed E-state index contributed by atoms with van der Waals surface area (Å²) in [5, 5.41) is 0. The van der Waals surface area contributed by atoms with Crippen molar-refractivity contribution >= 4 is 11.4 Å². The van der Waals surface area contributed by atoms with E-state index in [0.29, 0.717) is 5.78 Å². The monoisotopic (exact) mass is 354 g/mol. The van der Waals surface area contributed by atoms with Crippen molar-refractivity contribution in [2.75, 3.05) is 0 Å². The van der Waals surface area contributed by atoms with Crippen LogP contribution in [0.1, 0.15) is 50.7 Å². The molecule has 3 aliphatic carbocycles. The van der Waals surface area contributed by atoms with Crippen molar-refractivity contribution in [2.45, 2.75) is 44.9 Å². The van der Waals surface area contributed by atoms with E-state index in [0.717, 1.165) is 30.4 Å². The first kappa shape index (κ1) is 16.7. The molecule has 0 unspecified atom stereocenters. The van der Waals surface area contributed by atoms with Crippen molar-refractivity contribution in [1.82, 2.24) is 0 Å². The van der Waals surface area contributed by atoms with E-state index in [-0.39, 0.29) is 11.3 Å². The zero-order valence-electron chi connectivity index (χ0n) is 16.2. The Balaban J connectivity index is 1.85. The van der Waals surface area contributed by atoms with Gasteiger partial charge in [-0.3, -0.25) is 4.79 Å². The van der Waals surface area contributed by atoms with Crippen molar-refractivity contribution in [3.05, 3.63) is 89.0 Å². The molecule has 0 amide bonds. The number of ketones is 1. The Morgan fingerprint density at radius 1 is 0.963 bits per heavy atom. The fourth-order valence-corrected chi connectivity index (χ4v) is 6.65. The fraction of sp³-hybridized carbons (Fsp3) is 0.346. The van der Waals surface area contributed by atoms with Gasteiger partial charge in [0.05, 0.1) is 5.41 Å². The molecule has 2 aromatic rings. The summed E-state index contributed by atoms with van der Waals surface area (Å²) in [7, 11) is 0. The van der Waals surface area contributed by atoms with E-state index in [1.807, 2.05) is 6.07 Å². The zero-order valence-corrected chi connectivity index (χ0v) is 16.2. The van der Waals surface area contributed by atoms with E-state index in [4.69, 9.17) is 0 Å². The first-order valence-corrected chi connectivity index (χ1v) is 10.2. The molecule has 5 rings (SSSR count). The van der Waals surface area contributed by atoms with Crippen LogP contribution in [0, 0.1) is 11.3 Å². The quantitative estimate of drug-likeness (QED) is 0.594. The summed E-state index contributed by atoms with van der Waals surface area (Å²) in [6, 6.07) is 21.0. The number of hydrogen-bond acceptors (Lipinski definition) is 1. The van der Waals surface area contributed by atoms with Gasteiger partial charge in [0, 0.05) is 11.0 Å². The van der Waals surface area contributed by atoms with Gasteiger partial charge in [-0.05, 0) is 49.7 Å². The van der Waals surface area contributed by atoms with E-state index in [2.05, 4.69) is 74.5 Å². The number of carbonyl (C=O) groups is 1. The van der Waals surface area contributed by atoms with Crippen LogP contribution in [0.2, 0.25) is 0 Å². The third-order valence-electron chi connectivity index (χ3n) is 7.34. The number of Topliss-reactive ketones (excluding diaryl/α,β-unsaturated/α-hetero) is 1. The van der Waals surface area contributed by atoms with Gasteiger partial charge < -0.3 is 0 Å². The van der Waals surface area contributed by atoms with Gasteiger partial charge in [0.15, 0.2) is 5.78 Å². The molecule has 1 spiro atoms. The van der Waals surface area contributed by atoms with Gasteiger partial charge in [-0.25, -0.2) is 0 Å². The Labute approximate surface area is 161 Å². The van der Waals surface area contributed by atoms with E-state index in [1.54, 1.807) is 0 Å². The SMILES string of the molecule is CC1=C[C@H](C)[C@]2(c3ccccc3)C(=O)C(c3ccccc3)=C3CCC[C@]32C1. The first-order chi connectivity index (χ1) is 13.1. The molecule has 136 valence electrons. The van der Waals surface area contributed by atoms with Gasteiger partial charge in [0.25, 0.3) is 0 Å². The lowest BCUT2D eigenvalue weighted by molar-refractivity contribution is -0.123. The molecule has 0 aliphatic heterocycles. The van der Waals surface area contributed by atoms with Crippen molar-refractivity contribution in [2.24, 2.45) is 11.3 Å². The number of benzene rings is 2. The standard InChI is InChI=1S/C26H26O/c1-18-16-19(2)26(21-12-7-4-8-13-21)24(27)23(20-10-5-3-6-11-20)22-14-9-15-25(22,26)17-18/h3-8,10-13,16,19H,9,14-15,17H2,1-2H3/t19-,25-,26-/m0/s1. The van der Waals surface area contributed by atoms with E-state index in [1.165, 1.54) is 23.1 Å². The predicted octanol–water partition coefficient (Wildman–Crippen LogP) is 6.12. The third-order valence-corrected chi connectivity index (χ3v) is 7.34. The second-order valence-electron chi connectivity index (χ2n) is 8.64. The van der Waals surface area contributed by atoms with Gasteiger partial charge in [-0.1, -0.05) is 84.8 Å². The highest BCUT2D eigenvalue weighted by atomic mass is 16.1. The molecule has 0 radical (unpaired) electrons. The summed E-state index contributed by atoms with van der Waals surface area (Å²) < 4.78 is 0. The smallest absolute Gasteiger partial charge is 0.175 e. The molecular formula is C26H26O. The van der Waals surface area contributed by atoms with Crippen molar-refractivity contribution in [1.29, 1.82) is 0 Å². The molecule has 2 aromatic carbocycles. The summed E-state index contributed by atoms with van der Waals surface area (Å²) in [6.07, 6.45) is 6.75. The Bertz CT molecular complexity index is 966. The van der Waals surface area contributed by atoms with Crippen LogP contribution in [0.5, 0.6) is 0 Å². The van der Waals surface area contributed by atoms with Gasteiger partial charge in [0.1, 0.15) is 0 Å². The summed E-state index contributed by atoms with van der Waals surface area (Å²) in [5.41, 5.74) is 5.70. The van der Waals surface area contributed by atoms with Gasteiger partial charge >= 0.3 is 0 Å². The predicted molar refractivity (Wildman–Crippen MR) is 110 cm³/mol. The fourth-order valence-electron chi connectivity index (χ4n) is 6.65. The highest BCUT2D eigenvalue weighted by Crippen LogP contribution is 2.70. The lowest BCUT2D eigenvalue weighted by Crippen LogP contribution is -2.53. The highest BCUT2D eigenvalue weighted by molar-refractivity contribution is 6.30. The second-order valence-corrected chi connectivity index (χ2v) is 8.64. The lowest BCUT2D eigenvalue weighted by Gasteiger charge is -2.51. The minimum absolute atomic E-state index is 0.0468. The Morgan fingerprint density at radius 3 is 2.33 bits per heavy atom. The second kappa shape index (κ2) is 5.79. The van der Waals surface area contributed by atoms with Gasteiger partial charge in [0.2, 0.25) is 0 Å². The summed E-state index contributed by atoms with van der Waals surface area (Å²) in [5.74, 6) is 0.557. The molecular weight excluding hydrogens is 328 g/mol. The molecule has 1 nitrogen and oxygen atoms in total. The van der Waals surface area contributed by atoms with Crippen LogP contribution in [-0.4, -0.2) is 5.78 Å². The van der Waals surface area contributed by atoms with E-state index in [9.17, 15) is 4.79 Å². The van der Waals surface area contributed by atoms with Crippen LogP contribution >= 0.6 is 0 Å². The van der Waals surface area contributed by atoms with Crippen molar-refractivity contribution in [3.8, 4) is 0 Å². The Morgan fingerprint density at radius 2 is 1.63 bits per heavy atom. The van der Waals surface area contributed by atoms with Crippen LogP contribution < -0.4 is 0 Å². The maximum Gasteiger partial charge on any atom is 0.175 e. The molecule has 0 bridgehead atoms. The van der Waals surface area contributed by atoms with Crippen molar-refractivity contribution in [3.63, 3.8) is 0 Å². The van der Waals surface area contributed by atoms with Gasteiger partial charge in [-0.15, -0.1) is 0 Å². The zero-order chi connectivity index (χ0) is 18.6. The summed E-state index contributed by atoms with van der Waals surface area (Å²) >= 11 is 0. The molecule has 3 aliphatic rings. The minimum Gasteiger partial charge on any atom is -0.293 e. The number of carbonyl (C=O) groups excluding carboxylic acids is 1. The number of allylic oxidation sites excluding steroid dienone is 4. The average molecular weight is 354 g/mol. The minimum atomic E-state index is -0.454. The molecule has 0 saturated heterocycles. The van der Waals surface area contributed by atoms with Crippen LogP contribution in [0.15, 0.2) is 77.9 Å². The molecule has 0 aromatic heterocycles. The molecule has 0 N–H and O–H groups in total. The molecule has 1 fully saturated rings.